The van der Waals surface area contributed by atoms with Crippen LogP contribution in [0.5, 0.6) is 0 Å². The maximum atomic E-state index is 13.0. The Hall–Kier alpha value is -3.99. The van der Waals surface area contributed by atoms with Crippen LogP contribution in [-0.2, 0) is 0 Å². The lowest BCUT2D eigenvalue weighted by molar-refractivity contribution is 0.835. The number of benzene rings is 3. The number of hydrogen-bond donors (Lipinski definition) is 1. The van der Waals surface area contributed by atoms with Gasteiger partial charge in [0, 0.05) is 22.7 Å². The van der Waals surface area contributed by atoms with Crippen molar-refractivity contribution < 1.29 is 0 Å². The molecule has 2 aromatic heterocycles. The largest absolute Gasteiger partial charge is 0.295 e. The highest BCUT2D eigenvalue weighted by Gasteiger charge is 2.12. The first-order valence-electron chi connectivity index (χ1n) is 9.41. The minimum Gasteiger partial charge on any atom is -0.295 e. The molecular weight excluding hydrogens is 360 g/mol. The van der Waals surface area contributed by atoms with Gasteiger partial charge < -0.3 is 0 Å². The molecule has 29 heavy (non-hydrogen) atoms. The second kappa shape index (κ2) is 6.87. The Morgan fingerprint density at radius 1 is 0.862 bits per heavy atom. The molecule has 0 radical (unpaired) electrons. The highest BCUT2D eigenvalue weighted by atomic mass is 16.1. The van der Waals surface area contributed by atoms with Gasteiger partial charge in [-0.1, -0.05) is 54.6 Å². The highest BCUT2D eigenvalue weighted by Crippen LogP contribution is 2.32. The molecule has 0 saturated carbocycles. The van der Waals surface area contributed by atoms with Crippen LogP contribution in [0.1, 0.15) is 11.3 Å². The molecule has 0 fully saturated rings. The zero-order valence-electron chi connectivity index (χ0n) is 15.8. The van der Waals surface area contributed by atoms with E-state index < -0.39 is 0 Å². The first-order chi connectivity index (χ1) is 14.2. The van der Waals surface area contributed by atoms with E-state index in [1.807, 2.05) is 85.8 Å². The molecule has 2 heterocycles. The predicted octanol–water partition coefficient (Wildman–Crippen LogP) is 4.93. The Morgan fingerprint density at radius 2 is 1.45 bits per heavy atom. The number of pyridine rings is 1. The molecule has 5 rings (SSSR count). The number of para-hydroxylation sites is 3. The average Bonchev–Trinajstić information content (AvgIpc) is 3.05. The Labute approximate surface area is 167 Å². The number of aryl methyl sites for hydroxylation is 1. The van der Waals surface area contributed by atoms with E-state index in [-0.39, 0.29) is 5.56 Å². The summed E-state index contributed by atoms with van der Waals surface area (Å²) in [6.07, 6.45) is 1.65. The molecule has 0 aliphatic carbocycles. The van der Waals surface area contributed by atoms with Crippen molar-refractivity contribution in [2.45, 2.75) is 6.92 Å². The number of rotatable bonds is 3. The summed E-state index contributed by atoms with van der Waals surface area (Å²) in [6, 6.07) is 25.4. The van der Waals surface area contributed by atoms with Crippen molar-refractivity contribution in [3.8, 4) is 5.69 Å². The zero-order chi connectivity index (χ0) is 19.8. The number of aromatic amines is 1. The minimum atomic E-state index is -0.125. The summed E-state index contributed by atoms with van der Waals surface area (Å²) in [5.74, 6) is 0. The summed E-state index contributed by atoms with van der Waals surface area (Å²) in [7, 11) is 0. The molecule has 140 valence electrons. The smallest absolute Gasteiger partial charge is 0.280 e. The van der Waals surface area contributed by atoms with Crippen molar-refractivity contribution in [1.29, 1.82) is 0 Å². The molecule has 0 unspecified atom stereocenters. The van der Waals surface area contributed by atoms with Gasteiger partial charge in [0.15, 0.2) is 0 Å². The molecule has 0 aliphatic rings. The fourth-order valence-corrected chi connectivity index (χ4v) is 3.56. The molecular formula is C24H18N4O. The minimum absolute atomic E-state index is 0.125. The molecule has 1 N–H and O–H groups in total. The molecule has 5 nitrogen and oxygen atoms in total. The molecule has 5 aromatic rings. The molecule has 0 saturated heterocycles. The molecule has 0 atom stereocenters. The van der Waals surface area contributed by atoms with E-state index in [1.165, 1.54) is 0 Å². The first-order valence-corrected chi connectivity index (χ1v) is 9.41. The monoisotopic (exact) mass is 378 g/mol. The number of nitrogens with zero attached hydrogens (tertiary/aromatic N) is 3. The molecule has 0 spiro atoms. The number of aromatic nitrogens is 3. The summed E-state index contributed by atoms with van der Waals surface area (Å²) < 4.78 is 1.54. The lowest BCUT2D eigenvalue weighted by Crippen LogP contribution is -2.17. The summed E-state index contributed by atoms with van der Waals surface area (Å²) in [5, 5.41) is 5.06. The van der Waals surface area contributed by atoms with Crippen molar-refractivity contribution in [1.82, 2.24) is 14.8 Å². The Kier molecular flexibility index (Phi) is 4.06. The Morgan fingerprint density at radius 3 is 2.10 bits per heavy atom. The van der Waals surface area contributed by atoms with E-state index in [4.69, 9.17) is 9.98 Å². The van der Waals surface area contributed by atoms with Crippen LogP contribution in [0.4, 0.5) is 5.69 Å². The van der Waals surface area contributed by atoms with E-state index >= 15 is 0 Å². The number of fused-ring (bicyclic) bond motifs is 2. The summed E-state index contributed by atoms with van der Waals surface area (Å²) >= 11 is 0. The predicted molar refractivity (Wildman–Crippen MR) is 118 cm³/mol. The van der Waals surface area contributed by atoms with Crippen LogP contribution in [0.15, 0.2) is 88.6 Å². The number of hydrogen-bond acceptors (Lipinski definition) is 3. The lowest BCUT2D eigenvalue weighted by atomic mass is 10.1. The van der Waals surface area contributed by atoms with E-state index in [1.54, 1.807) is 10.9 Å². The SMILES string of the molecule is Cc1[nH]n(-c2ccccc2)c(=O)c1C=Nc1c2ccccc2nc2ccccc12. The Balaban J connectivity index is 1.69. The average molecular weight is 378 g/mol. The van der Waals surface area contributed by atoms with Gasteiger partial charge in [-0.25, -0.2) is 9.67 Å². The van der Waals surface area contributed by atoms with Crippen LogP contribution in [0.3, 0.4) is 0 Å². The van der Waals surface area contributed by atoms with Gasteiger partial charge in [0.05, 0.1) is 28.0 Å². The van der Waals surface area contributed by atoms with Gasteiger partial charge in [0.25, 0.3) is 5.56 Å². The van der Waals surface area contributed by atoms with Crippen LogP contribution in [0.2, 0.25) is 0 Å². The van der Waals surface area contributed by atoms with Crippen LogP contribution in [0, 0.1) is 6.92 Å². The summed E-state index contributed by atoms with van der Waals surface area (Å²) in [4.78, 5) is 22.5. The normalized spacial score (nSPS) is 11.6. The first kappa shape index (κ1) is 17.1. The maximum absolute atomic E-state index is 13.0. The third-order valence-electron chi connectivity index (χ3n) is 5.01. The molecule has 5 heteroatoms. The molecule has 0 aliphatic heterocycles. The molecule has 0 bridgehead atoms. The van der Waals surface area contributed by atoms with Crippen molar-refractivity contribution in [3.05, 3.63) is 100 Å². The highest BCUT2D eigenvalue weighted by molar-refractivity contribution is 6.07. The summed E-state index contributed by atoms with van der Waals surface area (Å²) in [5.41, 5.74) is 4.55. The maximum Gasteiger partial charge on any atom is 0.280 e. The Bertz CT molecular complexity index is 1370. The van der Waals surface area contributed by atoms with Crippen LogP contribution < -0.4 is 5.56 Å². The second-order valence-electron chi connectivity index (χ2n) is 6.88. The van der Waals surface area contributed by atoms with E-state index in [0.29, 0.717) is 5.56 Å². The summed E-state index contributed by atoms with van der Waals surface area (Å²) in [6.45, 7) is 1.88. The number of nitrogens with one attached hydrogen (secondary N) is 1. The second-order valence-corrected chi connectivity index (χ2v) is 6.88. The van der Waals surface area contributed by atoms with Gasteiger partial charge in [-0.05, 0) is 31.2 Å². The van der Waals surface area contributed by atoms with Crippen molar-refractivity contribution >= 4 is 33.7 Å². The zero-order valence-corrected chi connectivity index (χ0v) is 15.8. The fraction of sp³-hybridized carbons (Fsp3) is 0.0417. The lowest BCUT2D eigenvalue weighted by Gasteiger charge is -2.06. The van der Waals surface area contributed by atoms with Gasteiger partial charge in [0.1, 0.15) is 0 Å². The molecule has 0 amide bonds. The molecule has 3 aromatic carbocycles. The third-order valence-corrected chi connectivity index (χ3v) is 5.01. The quantitative estimate of drug-likeness (QED) is 0.357. The van der Waals surface area contributed by atoms with Crippen LogP contribution in [-0.4, -0.2) is 21.0 Å². The van der Waals surface area contributed by atoms with E-state index in [0.717, 1.165) is 38.9 Å². The van der Waals surface area contributed by atoms with Crippen LogP contribution in [0.25, 0.3) is 27.5 Å². The van der Waals surface area contributed by atoms with E-state index in [9.17, 15) is 4.79 Å². The number of H-pyrrole nitrogens is 1. The van der Waals surface area contributed by atoms with Gasteiger partial charge in [-0.15, -0.1) is 0 Å². The third kappa shape index (κ3) is 2.93. The standard InChI is InChI=1S/C24H18N4O/c1-16-20(24(29)28(27-16)17-9-3-2-4-10-17)15-25-23-18-11-5-7-13-21(18)26-22-14-8-6-12-19(22)23/h2-15,27H,1H3. The topological polar surface area (TPSA) is 63.0 Å². The number of aliphatic imine (C=N–C) groups is 1. The van der Waals surface area contributed by atoms with Crippen molar-refractivity contribution in [2.75, 3.05) is 0 Å². The van der Waals surface area contributed by atoms with Crippen molar-refractivity contribution in [2.24, 2.45) is 4.99 Å². The van der Waals surface area contributed by atoms with Gasteiger partial charge in [-0.3, -0.25) is 14.9 Å². The van der Waals surface area contributed by atoms with Gasteiger partial charge in [-0.2, -0.15) is 0 Å². The fourth-order valence-electron chi connectivity index (χ4n) is 3.56. The van der Waals surface area contributed by atoms with E-state index in [2.05, 4.69) is 5.10 Å². The van der Waals surface area contributed by atoms with Gasteiger partial charge >= 0.3 is 0 Å². The van der Waals surface area contributed by atoms with Gasteiger partial charge in [0.2, 0.25) is 0 Å². The van der Waals surface area contributed by atoms with Crippen LogP contribution >= 0.6 is 0 Å². The van der Waals surface area contributed by atoms with Crippen molar-refractivity contribution in [3.63, 3.8) is 0 Å².